The maximum atomic E-state index is 11.0. The minimum Gasteiger partial charge on any atom is -0.478 e. The number of hydrogen-bond donors (Lipinski definition) is 3. The third-order valence-corrected chi connectivity index (χ3v) is 4.09. The van der Waals surface area contributed by atoms with Crippen molar-refractivity contribution in [2.24, 2.45) is 0 Å². The van der Waals surface area contributed by atoms with Crippen molar-refractivity contribution in [3.8, 4) is 11.4 Å². The van der Waals surface area contributed by atoms with Gasteiger partial charge >= 0.3 is 5.97 Å². The maximum Gasteiger partial charge on any atom is 0.335 e. The molecule has 0 atom stereocenters. The number of carbonyl (C=O) groups is 1. The number of benzene rings is 1. The maximum absolute atomic E-state index is 11.0. The first kappa shape index (κ1) is 17.1. The topological polar surface area (TPSA) is 90.9 Å². The van der Waals surface area contributed by atoms with E-state index in [2.05, 4.69) is 20.3 Å². The summed E-state index contributed by atoms with van der Waals surface area (Å²) in [7, 11) is 0. The molecule has 2 aromatic heterocycles. The SMILES string of the molecule is O=C(O)c1ccnc(-c2cnc(CCNCc3ccccc3Cl)[nH]2)c1. The monoisotopic (exact) mass is 356 g/mol. The van der Waals surface area contributed by atoms with Crippen LogP contribution in [0.4, 0.5) is 0 Å². The number of aromatic amines is 1. The molecular weight excluding hydrogens is 340 g/mol. The summed E-state index contributed by atoms with van der Waals surface area (Å²) in [4.78, 5) is 22.7. The quantitative estimate of drug-likeness (QED) is 0.566. The van der Waals surface area contributed by atoms with Crippen molar-refractivity contribution in [3.63, 3.8) is 0 Å². The second-order valence-electron chi connectivity index (χ2n) is 5.50. The highest BCUT2D eigenvalue weighted by Crippen LogP contribution is 2.16. The summed E-state index contributed by atoms with van der Waals surface area (Å²) < 4.78 is 0. The first-order valence-electron chi connectivity index (χ1n) is 7.81. The Balaban J connectivity index is 1.56. The molecule has 3 aromatic rings. The zero-order chi connectivity index (χ0) is 17.6. The zero-order valence-corrected chi connectivity index (χ0v) is 14.1. The lowest BCUT2D eigenvalue weighted by Gasteiger charge is -2.05. The van der Waals surface area contributed by atoms with Gasteiger partial charge in [0.2, 0.25) is 0 Å². The van der Waals surface area contributed by atoms with Gasteiger partial charge in [-0.25, -0.2) is 9.78 Å². The van der Waals surface area contributed by atoms with Gasteiger partial charge < -0.3 is 15.4 Å². The van der Waals surface area contributed by atoms with Crippen molar-refractivity contribution in [3.05, 3.63) is 70.8 Å². The van der Waals surface area contributed by atoms with E-state index in [4.69, 9.17) is 16.7 Å². The summed E-state index contributed by atoms with van der Waals surface area (Å²) in [6, 6.07) is 10.7. The number of carboxylic acid groups (broad SMARTS) is 1. The average Bonchev–Trinajstić information content (AvgIpc) is 3.09. The van der Waals surface area contributed by atoms with E-state index in [0.717, 1.165) is 23.0 Å². The summed E-state index contributed by atoms with van der Waals surface area (Å²) >= 11 is 6.12. The second-order valence-corrected chi connectivity index (χ2v) is 5.90. The Morgan fingerprint density at radius 2 is 2.08 bits per heavy atom. The summed E-state index contributed by atoms with van der Waals surface area (Å²) in [5.41, 5.74) is 2.51. The zero-order valence-electron chi connectivity index (χ0n) is 13.4. The van der Waals surface area contributed by atoms with E-state index < -0.39 is 5.97 Å². The Bertz CT molecular complexity index is 879. The van der Waals surface area contributed by atoms with Gasteiger partial charge in [0.25, 0.3) is 0 Å². The van der Waals surface area contributed by atoms with Gasteiger partial charge in [-0.15, -0.1) is 0 Å². The van der Waals surface area contributed by atoms with Crippen LogP contribution in [0, 0.1) is 0 Å². The fourth-order valence-corrected chi connectivity index (χ4v) is 2.60. The molecule has 0 saturated heterocycles. The lowest BCUT2D eigenvalue weighted by Crippen LogP contribution is -2.17. The average molecular weight is 357 g/mol. The van der Waals surface area contributed by atoms with E-state index in [1.54, 1.807) is 6.20 Å². The fourth-order valence-electron chi connectivity index (χ4n) is 2.40. The normalized spacial score (nSPS) is 10.8. The van der Waals surface area contributed by atoms with Crippen LogP contribution in [0.2, 0.25) is 5.02 Å². The molecule has 0 unspecified atom stereocenters. The number of nitrogens with one attached hydrogen (secondary N) is 2. The van der Waals surface area contributed by atoms with Crippen LogP contribution in [0.3, 0.4) is 0 Å². The molecule has 0 aliphatic heterocycles. The highest BCUT2D eigenvalue weighted by Gasteiger charge is 2.08. The highest BCUT2D eigenvalue weighted by molar-refractivity contribution is 6.31. The van der Waals surface area contributed by atoms with Gasteiger partial charge in [-0.2, -0.15) is 0 Å². The molecule has 128 valence electrons. The van der Waals surface area contributed by atoms with Crippen LogP contribution in [0.25, 0.3) is 11.4 Å². The van der Waals surface area contributed by atoms with Crippen molar-refractivity contribution >= 4 is 17.6 Å². The van der Waals surface area contributed by atoms with Gasteiger partial charge in [-0.1, -0.05) is 29.8 Å². The molecule has 0 fully saturated rings. The Labute approximate surface area is 149 Å². The van der Waals surface area contributed by atoms with Crippen LogP contribution in [0.1, 0.15) is 21.7 Å². The molecule has 0 aliphatic rings. The van der Waals surface area contributed by atoms with Crippen molar-refractivity contribution < 1.29 is 9.90 Å². The van der Waals surface area contributed by atoms with Gasteiger partial charge in [-0.05, 0) is 23.8 Å². The smallest absolute Gasteiger partial charge is 0.335 e. The Morgan fingerprint density at radius 3 is 2.88 bits per heavy atom. The van der Waals surface area contributed by atoms with Crippen molar-refractivity contribution in [2.45, 2.75) is 13.0 Å². The minimum atomic E-state index is -0.979. The molecule has 0 bridgehead atoms. The van der Waals surface area contributed by atoms with E-state index in [1.165, 1.54) is 18.3 Å². The predicted molar refractivity (Wildman–Crippen MR) is 95.6 cm³/mol. The Hall–Kier alpha value is -2.70. The molecule has 0 amide bonds. The van der Waals surface area contributed by atoms with Crippen LogP contribution in [-0.2, 0) is 13.0 Å². The van der Waals surface area contributed by atoms with Crippen LogP contribution < -0.4 is 5.32 Å². The third-order valence-electron chi connectivity index (χ3n) is 3.72. The number of hydrogen-bond acceptors (Lipinski definition) is 4. The van der Waals surface area contributed by atoms with Crippen LogP contribution in [0.15, 0.2) is 48.8 Å². The van der Waals surface area contributed by atoms with Crippen molar-refractivity contribution in [1.82, 2.24) is 20.3 Å². The molecule has 2 heterocycles. The molecule has 3 N–H and O–H groups in total. The molecule has 0 aliphatic carbocycles. The van der Waals surface area contributed by atoms with Gasteiger partial charge in [0.05, 0.1) is 23.1 Å². The molecule has 0 spiro atoms. The number of imidazole rings is 1. The minimum absolute atomic E-state index is 0.197. The van der Waals surface area contributed by atoms with Crippen LogP contribution in [-0.4, -0.2) is 32.6 Å². The van der Waals surface area contributed by atoms with E-state index in [-0.39, 0.29) is 5.56 Å². The van der Waals surface area contributed by atoms with E-state index in [1.807, 2.05) is 24.3 Å². The number of carboxylic acids is 1. The summed E-state index contributed by atoms with van der Waals surface area (Å²) in [6.45, 7) is 1.43. The lowest BCUT2D eigenvalue weighted by molar-refractivity contribution is 0.0697. The molecule has 3 rings (SSSR count). The van der Waals surface area contributed by atoms with Crippen molar-refractivity contribution in [1.29, 1.82) is 0 Å². The second kappa shape index (κ2) is 7.92. The first-order valence-corrected chi connectivity index (χ1v) is 8.19. The molecule has 0 saturated carbocycles. The van der Waals surface area contributed by atoms with Crippen LogP contribution in [0.5, 0.6) is 0 Å². The summed E-state index contributed by atoms with van der Waals surface area (Å²) in [5, 5.41) is 13.1. The number of aromatic nitrogens is 3. The van der Waals surface area contributed by atoms with Gasteiger partial charge in [-0.3, -0.25) is 4.98 Å². The lowest BCUT2D eigenvalue weighted by atomic mass is 10.2. The molecule has 1 aromatic carbocycles. The standard InChI is InChI=1S/C18H17ClN4O2/c19-14-4-2-1-3-13(14)10-20-7-6-17-22-11-16(23-17)15-9-12(18(24)25)5-8-21-15/h1-5,8-9,11,20H,6-7,10H2,(H,22,23)(H,24,25). The van der Waals surface area contributed by atoms with Gasteiger partial charge in [0.1, 0.15) is 5.82 Å². The molecule has 6 nitrogen and oxygen atoms in total. The molecule has 7 heteroatoms. The van der Waals surface area contributed by atoms with Gasteiger partial charge in [0, 0.05) is 30.7 Å². The van der Waals surface area contributed by atoms with Crippen LogP contribution >= 0.6 is 11.6 Å². The largest absolute Gasteiger partial charge is 0.478 e. The summed E-state index contributed by atoms with van der Waals surface area (Å²) in [5.74, 6) is -0.170. The third kappa shape index (κ3) is 4.43. The van der Waals surface area contributed by atoms with Gasteiger partial charge in [0.15, 0.2) is 0 Å². The predicted octanol–water partition coefficient (Wildman–Crippen LogP) is 3.16. The number of pyridine rings is 1. The first-order chi connectivity index (χ1) is 12.1. The number of H-pyrrole nitrogens is 1. The Morgan fingerprint density at radius 1 is 1.24 bits per heavy atom. The molecular formula is C18H17ClN4O2. The molecule has 25 heavy (non-hydrogen) atoms. The van der Waals surface area contributed by atoms with E-state index >= 15 is 0 Å². The van der Waals surface area contributed by atoms with E-state index in [9.17, 15) is 4.79 Å². The number of rotatable bonds is 7. The molecule has 0 radical (unpaired) electrons. The fraction of sp³-hybridized carbons (Fsp3) is 0.167. The van der Waals surface area contributed by atoms with Crippen molar-refractivity contribution in [2.75, 3.05) is 6.54 Å². The number of halogens is 1. The van der Waals surface area contributed by atoms with E-state index in [0.29, 0.717) is 24.4 Å². The number of aromatic carboxylic acids is 1. The highest BCUT2D eigenvalue weighted by atomic mass is 35.5. The number of nitrogens with zero attached hydrogens (tertiary/aromatic N) is 2. The summed E-state index contributed by atoms with van der Waals surface area (Å²) in [6.07, 6.45) is 3.85. The Kier molecular flexibility index (Phi) is 5.42.